The number of carbonyl (C=O) groups excluding carboxylic acids is 1. The highest BCUT2D eigenvalue weighted by Gasteiger charge is 2.52. The standard InChI is InChI=1S/C15H19BrNO2.ClHO4/c16-15-6-9-17(10-7-15,11-8-15)14(18)19-12-13-4-2-1-3-5-13;2-1(3,4)5/h1-5H,6-12H2;(H,2,3,4,5)/q+1;. The molecule has 1 aromatic rings. The number of benzene rings is 1. The van der Waals surface area contributed by atoms with Crippen molar-refractivity contribution < 1.29 is 42.9 Å². The first-order chi connectivity index (χ1) is 11.1. The van der Waals surface area contributed by atoms with E-state index in [9.17, 15) is 4.79 Å². The van der Waals surface area contributed by atoms with Gasteiger partial charge in [0, 0.05) is 23.6 Å². The van der Waals surface area contributed by atoms with Gasteiger partial charge in [0.2, 0.25) is 0 Å². The Bertz CT molecular complexity index is 534. The zero-order valence-electron chi connectivity index (χ0n) is 13.0. The zero-order valence-corrected chi connectivity index (χ0v) is 15.4. The summed E-state index contributed by atoms with van der Waals surface area (Å²) in [6.45, 7) is 3.13. The van der Waals surface area contributed by atoms with Gasteiger partial charge in [-0.2, -0.15) is 18.8 Å². The Morgan fingerprint density at radius 1 is 1.17 bits per heavy atom. The van der Waals surface area contributed by atoms with Crippen LogP contribution >= 0.6 is 15.9 Å². The van der Waals surface area contributed by atoms with Gasteiger partial charge in [-0.15, -0.1) is 0 Å². The van der Waals surface area contributed by atoms with E-state index in [1.807, 2.05) is 30.3 Å². The lowest BCUT2D eigenvalue weighted by Crippen LogP contribution is -2.65. The lowest BCUT2D eigenvalue weighted by molar-refractivity contribution is -1.92. The highest BCUT2D eigenvalue weighted by atomic mass is 79.9. The molecule has 3 fully saturated rings. The number of carbonyl (C=O) groups is 1. The lowest BCUT2D eigenvalue weighted by atomic mass is 9.86. The highest BCUT2D eigenvalue weighted by molar-refractivity contribution is 9.10. The summed E-state index contributed by atoms with van der Waals surface area (Å²) in [6.07, 6.45) is 3.19. The fourth-order valence-corrected chi connectivity index (χ4v) is 3.62. The first-order valence-electron chi connectivity index (χ1n) is 7.52. The van der Waals surface area contributed by atoms with Crippen LogP contribution in [0.4, 0.5) is 4.79 Å². The Hall–Kier alpha value is -0.740. The maximum absolute atomic E-state index is 12.4. The summed E-state index contributed by atoms with van der Waals surface area (Å²) >= 11 is 3.82. The Labute approximate surface area is 150 Å². The Morgan fingerprint density at radius 3 is 2.08 bits per heavy atom. The predicted octanol–water partition coefficient (Wildman–Crippen LogP) is -0.653. The smallest absolute Gasteiger partial charge is 0.415 e. The maximum Gasteiger partial charge on any atom is 0.516 e. The predicted molar refractivity (Wildman–Crippen MR) is 79.2 cm³/mol. The van der Waals surface area contributed by atoms with Gasteiger partial charge in [-0.25, -0.2) is 4.48 Å². The molecule has 3 heterocycles. The van der Waals surface area contributed by atoms with Crippen molar-refractivity contribution in [1.82, 2.24) is 0 Å². The highest BCUT2D eigenvalue weighted by Crippen LogP contribution is 2.43. The van der Waals surface area contributed by atoms with Crippen molar-refractivity contribution in [3.05, 3.63) is 35.9 Å². The summed E-state index contributed by atoms with van der Waals surface area (Å²) in [5.74, 6) is 0. The number of ether oxygens (including phenoxy) is 1. The number of fused-ring (bicyclic) bond motifs is 3. The summed E-state index contributed by atoms with van der Waals surface area (Å²) in [5.41, 5.74) is 1.05. The van der Waals surface area contributed by atoms with Crippen LogP contribution in [0.3, 0.4) is 0 Å². The van der Waals surface area contributed by atoms with E-state index in [-0.39, 0.29) is 6.09 Å². The molecule has 0 aromatic heterocycles. The topological polar surface area (TPSA) is 116 Å². The molecule has 0 aliphatic carbocycles. The van der Waals surface area contributed by atoms with Crippen molar-refractivity contribution in [3.8, 4) is 0 Å². The molecule has 3 saturated heterocycles. The number of alkyl halides is 1. The number of amides is 1. The van der Waals surface area contributed by atoms with E-state index in [0.717, 1.165) is 44.5 Å². The number of halogens is 2. The van der Waals surface area contributed by atoms with Gasteiger partial charge < -0.3 is 4.74 Å². The van der Waals surface area contributed by atoms with Crippen LogP contribution in [0.15, 0.2) is 30.3 Å². The van der Waals surface area contributed by atoms with E-state index >= 15 is 0 Å². The van der Waals surface area contributed by atoms with Gasteiger partial charge in [-0.05, 0) is 5.56 Å². The van der Waals surface area contributed by atoms with Gasteiger partial charge in [0.25, 0.3) is 0 Å². The molecule has 7 nitrogen and oxygen atoms in total. The van der Waals surface area contributed by atoms with Gasteiger partial charge >= 0.3 is 6.09 Å². The third-order valence-electron chi connectivity index (χ3n) is 4.56. The molecule has 1 N–H and O–H groups in total. The molecule has 1 aromatic carbocycles. The van der Waals surface area contributed by atoms with Crippen LogP contribution in [0, 0.1) is 10.2 Å². The summed E-state index contributed by atoms with van der Waals surface area (Å²) in [6, 6.07) is 9.89. The van der Waals surface area contributed by atoms with Crippen molar-refractivity contribution in [1.29, 1.82) is 0 Å². The van der Waals surface area contributed by atoms with Crippen LogP contribution in [0.1, 0.15) is 24.8 Å². The molecule has 3 aliphatic rings. The quantitative estimate of drug-likeness (QED) is 0.497. The minimum absolute atomic E-state index is 0.0434. The largest absolute Gasteiger partial charge is 0.516 e. The fraction of sp³-hybridized carbons (Fsp3) is 0.533. The number of piperidine rings is 3. The summed E-state index contributed by atoms with van der Waals surface area (Å²) in [5, 5.41) is 0. The Morgan fingerprint density at radius 2 is 1.62 bits per heavy atom. The van der Waals surface area contributed by atoms with Gasteiger partial charge in [-0.3, -0.25) is 0 Å². The van der Waals surface area contributed by atoms with Gasteiger partial charge in [0.15, 0.2) is 0 Å². The molecule has 9 heteroatoms. The number of hydrogen-bond acceptors (Lipinski definition) is 6. The summed E-state index contributed by atoms with van der Waals surface area (Å²) < 4.78 is 39.1. The van der Waals surface area contributed by atoms with Crippen molar-refractivity contribution in [2.75, 3.05) is 19.6 Å². The van der Waals surface area contributed by atoms with Crippen LogP contribution < -0.4 is 14.0 Å². The van der Waals surface area contributed by atoms with Gasteiger partial charge in [-0.1, -0.05) is 46.3 Å². The monoisotopic (exact) mass is 424 g/mol. The second-order valence-electron chi connectivity index (χ2n) is 6.15. The van der Waals surface area contributed by atoms with Crippen molar-refractivity contribution in [3.63, 3.8) is 0 Å². The molecule has 0 atom stereocenters. The SMILES string of the molecule is O=C(OCc1ccccc1)[N+]12CCC(Br)(CC1)CC2.[O-][Cl+3]([O-])([O-])O. The maximum atomic E-state index is 12.4. The molecule has 0 radical (unpaired) electrons. The fourth-order valence-electron chi connectivity index (χ4n) is 3.08. The molecular formula is C15H20BrClNO6+. The van der Waals surface area contributed by atoms with Crippen LogP contribution in [-0.4, -0.2) is 39.2 Å². The molecular weight excluding hydrogens is 406 g/mol. The molecule has 2 bridgehead atoms. The number of quaternary nitrogens is 1. The zero-order chi connectivity index (χ0) is 17.8. The van der Waals surface area contributed by atoms with Crippen LogP contribution in [0.5, 0.6) is 0 Å². The first kappa shape index (κ1) is 19.6. The molecule has 0 saturated carbocycles. The van der Waals surface area contributed by atoms with E-state index in [2.05, 4.69) is 15.9 Å². The summed E-state index contributed by atoms with van der Waals surface area (Å²) in [7, 11) is -4.69. The van der Waals surface area contributed by atoms with E-state index in [1.165, 1.54) is 0 Å². The van der Waals surface area contributed by atoms with Crippen molar-refractivity contribution >= 4 is 22.0 Å². The number of rotatable bonds is 2. The molecule has 4 rings (SSSR count). The van der Waals surface area contributed by atoms with E-state index in [0.29, 0.717) is 15.4 Å². The molecule has 1 amide bonds. The number of hydrogen-bond donors (Lipinski definition) is 1. The van der Waals surface area contributed by atoms with Crippen LogP contribution in [0.25, 0.3) is 0 Å². The normalized spacial score (nSPS) is 28.7. The third kappa shape index (κ3) is 5.66. The molecule has 0 unspecified atom stereocenters. The first-order valence-corrected chi connectivity index (χ1v) is 9.57. The molecule has 3 aliphatic heterocycles. The van der Waals surface area contributed by atoms with Crippen LogP contribution in [0.2, 0.25) is 0 Å². The minimum Gasteiger partial charge on any atom is -0.415 e. The van der Waals surface area contributed by atoms with Gasteiger partial charge in [0.1, 0.15) is 6.61 Å². The van der Waals surface area contributed by atoms with Crippen molar-refractivity contribution in [2.24, 2.45) is 0 Å². The second kappa shape index (κ2) is 7.65. The number of nitrogens with zero attached hydrogens (tertiary/aromatic N) is 1. The average molecular weight is 426 g/mol. The average Bonchev–Trinajstić information content (AvgIpc) is 2.53. The van der Waals surface area contributed by atoms with E-state index in [4.69, 9.17) is 23.4 Å². The second-order valence-corrected chi connectivity index (χ2v) is 8.63. The molecule has 24 heavy (non-hydrogen) atoms. The van der Waals surface area contributed by atoms with E-state index < -0.39 is 10.2 Å². The Balaban J connectivity index is 0.000000368. The van der Waals surface area contributed by atoms with Gasteiger partial charge in [0.05, 0.1) is 34.5 Å². The molecule has 134 valence electrons. The van der Waals surface area contributed by atoms with Crippen LogP contribution in [-0.2, 0) is 11.3 Å². The summed E-state index contributed by atoms with van der Waals surface area (Å²) in [4.78, 5) is 12.4. The molecule has 0 spiro atoms. The minimum atomic E-state index is -4.69. The third-order valence-corrected chi connectivity index (χ3v) is 5.75. The Kier molecular flexibility index (Phi) is 6.24. The van der Waals surface area contributed by atoms with E-state index in [1.54, 1.807) is 0 Å². The lowest BCUT2D eigenvalue weighted by Gasteiger charge is -2.49. The van der Waals surface area contributed by atoms with Crippen molar-refractivity contribution in [2.45, 2.75) is 30.2 Å².